The molecule has 0 radical (unpaired) electrons. The van der Waals surface area contributed by atoms with E-state index in [1.165, 1.54) is 6.42 Å². The zero-order chi connectivity index (χ0) is 15.3. The summed E-state index contributed by atoms with van der Waals surface area (Å²) in [7, 11) is 1.72. The first-order chi connectivity index (χ1) is 10.6. The van der Waals surface area contributed by atoms with E-state index in [4.69, 9.17) is 9.26 Å². The molecule has 0 unspecified atom stereocenters. The SMILES string of the molecule is COC1CC(C(=O)N2C[C@@H]3CCC[C@]3(c3nc(C)no3)C2)C1. The molecule has 6 heteroatoms. The second-order valence-corrected chi connectivity index (χ2v) is 7.14. The van der Waals surface area contributed by atoms with Crippen LogP contribution in [-0.4, -0.2) is 47.3 Å². The van der Waals surface area contributed by atoms with Gasteiger partial charge in [-0.1, -0.05) is 11.6 Å². The molecule has 1 aliphatic heterocycles. The Morgan fingerprint density at radius 1 is 1.45 bits per heavy atom. The molecule has 1 aromatic rings. The number of carbonyl (C=O) groups excluding carboxylic acids is 1. The lowest BCUT2D eigenvalue weighted by molar-refractivity contribution is -0.142. The molecule has 3 fully saturated rings. The number of hydrogen-bond acceptors (Lipinski definition) is 5. The minimum atomic E-state index is -0.0959. The minimum Gasteiger partial charge on any atom is -0.381 e. The molecule has 1 amide bonds. The monoisotopic (exact) mass is 305 g/mol. The van der Waals surface area contributed by atoms with Gasteiger partial charge in [-0.15, -0.1) is 0 Å². The zero-order valence-electron chi connectivity index (χ0n) is 13.2. The van der Waals surface area contributed by atoms with Gasteiger partial charge in [0.25, 0.3) is 0 Å². The van der Waals surface area contributed by atoms with Crippen molar-refractivity contribution in [3.8, 4) is 0 Å². The standard InChI is InChI=1S/C16H23N3O3/c1-10-17-15(22-18-10)16-5-3-4-12(16)8-19(9-16)14(20)11-6-13(7-11)21-2/h11-13H,3-9H2,1-2H3/t11?,12-,13?,16-/m0/s1. The van der Waals surface area contributed by atoms with Gasteiger partial charge in [0.2, 0.25) is 11.8 Å². The smallest absolute Gasteiger partial charge is 0.234 e. The summed E-state index contributed by atoms with van der Waals surface area (Å²) in [5.74, 6) is 2.33. The van der Waals surface area contributed by atoms with Crippen LogP contribution < -0.4 is 0 Å². The minimum absolute atomic E-state index is 0.0959. The van der Waals surface area contributed by atoms with Crippen LogP contribution in [0.25, 0.3) is 0 Å². The van der Waals surface area contributed by atoms with Crippen LogP contribution in [0.1, 0.15) is 43.8 Å². The summed E-state index contributed by atoms with van der Waals surface area (Å²) in [6.45, 7) is 3.44. The maximum Gasteiger partial charge on any atom is 0.234 e. The lowest BCUT2D eigenvalue weighted by atomic mass is 9.80. The van der Waals surface area contributed by atoms with Gasteiger partial charge in [0.15, 0.2) is 5.82 Å². The average Bonchev–Trinajstić information content (AvgIpc) is 3.10. The number of aromatic nitrogens is 2. The maximum absolute atomic E-state index is 12.7. The summed E-state index contributed by atoms with van der Waals surface area (Å²) < 4.78 is 10.8. The largest absolute Gasteiger partial charge is 0.381 e. The highest BCUT2D eigenvalue weighted by molar-refractivity contribution is 5.80. The predicted octanol–water partition coefficient (Wildman–Crippen LogP) is 1.68. The van der Waals surface area contributed by atoms with Gasteiger partial charge in [-0.05, 0) is 38.5 Å². The molecular weight excluding hydrogens is 282 g/mol. The number of nitrogens with zero attached hydrogens (tertiary/aromatic N) is 3. The van der Waals surface area contributed by atoms with E-state index < -0.39 is 0 Å². The van der Waals surface area contributed by atoms with Gasteiger partial charge in [0.1, 0.15) is 0 Å². The summed E-state index contributed by atoms with van der Waals surface area (Å²) in [5.41, 5.74) is -0.0959. The first-order valence-corrected chi connectivity index (χ1v) is 8.25. The number of fused-ring (bicyclic) bond motifs is 1. The summed E-state index contributed by atoms with van der Waals surface area (Å²) in [6, 6.07) is 0. The highest BCUT2D eigenvalue weighted by atomic mass is 16.5. The number of carbonyl (C=O) groups is 1. The second-order valence-electron chi connectivity index (χ2n) is 7.14. The van der Waals surface area contributed by atoms with Crippen LogP contribution in [0.4, 0.5) is 0 Å². The number of hydrogen-bond donors (Lipinski definition) is 0. The summed E-state index contributed by atoms with van der Waals surface area (Å²) in [4.78, 5) is 19.2. The number of aryl methyl sites for hydroxylation is 1. The summed E-state index contributed by atoms with van der Waals surface area (Å²) >= 11 is 0. The lowest BCUT2D eigenvalue weighted by Gasteiger charge is -2.36. The van der Waals surface area contributed by atoms with Gasteiger partial charge in [-0.25, -0.2) is 0 Å². The molecule has 2 heterocycles. The van der Waals surface area contributed by atoms with E-state index in [-0.39, 0.29) is 17.4 Å². The van der Waals surface area contributed by atoms with E-state index in [0.29, 0.717) is 17.6 Å². The molecule has 2 atom stereocenters. The van der Waals surface area contributed by atoms with Crippen molar-refractivity contribution in [2.75, 3.05) is 20.2 Å². The molecule has 1 saturated heterocycles. The Bertz CT molecular complexity index is 581. The van der Waals surface area contributed by atoms with Gasteiger partial charge < -0.3 is 14.2 Å². The predicted molar refractivity (Wildman–Crippen MR) is 78.2 cm³/mol. The molecule has 2 aliphatic carbocycles. The van der Waals surface area contributed by atoms with Crippen LogP contribution in [0.3, 0.4) is 0 Å². The van der Waals surface area contributed by atoms with Gasteiger partial charge in [0.05, 0.1) is 11.5 Å². The molecular formula is C16H23N3O3. The Labute approximate surface area is 130 Å². The van der Waals surface area contributed by atoms with Crippen molar-refractivity contribution in [2.24, 2.45) is 11.8 Å². The molecule has 22 heavy (non-hydrogen) atoms. The molecule has 3 aliphatic rings. The topological polar surface area (TPSA) is 68.5 Å². The van der Waals surface area contributed by atoms with E-state index in [1.54, 1.807) is 7.11 Å². The fourth-order valence-corrected chi connectivity index (χ4v) is 4.52. The van der Waals surface area contributed by atoms with E-state index in [1.807, 2.05) is 11.8 Å². The Kier molecular flexibility index (Phi) is 3.25. The molecule has 1 aromatic heterocycles. The first-order valence-electron chi connectivity index (χ1n) is 8.25. The van der Waals surface area contributed by atoms with E-state index >= 15 is 0 Å². The van der Waals surface area contributed by atoms with Crippen LogP contribution in [-0.2, 0) is 14.9 Å². The molecule has 120 valence electrons. The molecule has 4 rings (SSSR count). The van der Waals surface area contributed by atoms with Gasteiger partial charge in [0, 0.05) is 26.1 Å². The summed E-state index contributed by atoms with van der Waals surface area (Å²) in [5, 5.41) is 3.96. The van der Waals surface area contributed by atoms with Crippen molar-refractivity contribution >= 4 is 5.91 Å². The van der Waals surface area contributed by atoms with Crippen molar-refractivity contribution in [1.29, 1.82) is 0 Å². The second kappa shape index (κ2) is 5.05. The average molecular weight is 305 g/mol. The molecule has 0 aromatic carbocycles. The van der Waals surface area contributed by atoms with E-state index in [2.05, 4.69) is 10.1 Å². The fraction of sp³-hybridized carbons (Fsp3) is 0.812. The van der Waals surface area contributed by atoms with Crippen molar-refractivity contribution < 1.29 is 14.1 Å². The number of rotatable bonds is 3. The Morgan fingerprint density at radius 3 is 2.95 bits per heavy atom. The number of likely N-dealkylation sites (tertiary alicyclic amines) is 1. The molecule has 2 saturated carbocycles. The first kappa shape index (κ1) is 14.2. The van der Waals surface area contributed by atoms with Gasteiger partial charge in [-0.2, -0.15) is 4.98 Å². The van der Waals surface area contributed by atoms with Crippen LogP contribution in [0.5, 0.6) is 0 Å². The highest BCUT2D eigenvalue weighted by Gasteiger charge is 2.56. The Morgan fingerprint density at radius 2 is 2.27 bits per heavy atom. The summed E-state index contributed by atoms with van der Waals surface area (Å²) in [6.07, 6.45) is 5.38. The third-order valence-electron chi connectivity index (χ3n) is 5.91. The number of methoxy groups -OCH3 is 1. The van der Waals surface area contributed by atoms with Crippen LogP contribution in [0, 0.1) is 18.8 Å². The van der Waals surface area contributed by atoms with Gasteiger partial charge >= 0.3 is 0 Å². The van der Waals surface area contributed by atoms with E-state index in [9.17, 15) is 4.79 Å². The third kappa shape index (κ3) is 2.00. The van der Waals surface area contributed by atoms with Crippen molar-refractivity contribution in [2.45, 2.75) is 50.5 Å². The Hall–Kier alpha value is -1.43. The third-order valence-corrected chi connectivity index (χ3v) is 5.91. The van der Waals surface area contributed by atoms with Crippen LogP contribution >= 0.6 is 0 Å². The van der Waals surface area contributed by atoms with Crippen molar-refractivity contribution in [3.63, 3.8) is 0 Å². The van der Waals surface area contributed by atoms with Crippen LogP contribution in [0.15, 0.2) is 4.52 Å². The number of ether oxygens (including phenoxy) is 1. The van der Waals surface area contributed by atoms with E-state index in [0.717, 1.165) is 44.7 Å². The van der Waals surface area contributed by atoms with Gasteiger partial charge in [-0.3, -0.25) is 4.79 Å². The van der Waals surface area contributed by atoms with Crippen molar-refractivity contribution in [3.05, 3.63) is 11.7 Å². The maximum atomic E-state index is 12.7. The fourth-order valence-electron chi connectivity index (χ4n) is 4.52. The van der Waals surface area contributed by atoms with Crippen LogP contribution in [0.2, 0.25) is 0 Å². The normalized spacial score (nSPS) is 37.2. The molecule has 0 spiro atoms. The highest BCUT2D eigenvalue weighted by Crippen LogP contribution is 2.50. The Balaban J connectivity index is 1.51. The zero-order valence-corrected chi connectivity index (χ0v) is 13.2. The molecule has 6 nitrogen and oxygen atoms in total. The molecule has 0 N–H and O–H groups in total. The molecule has 0 bridgehead atoms. The van der Waals surface area contributed by atoms with Crippen molar-refractivity contribution in [1.82, 2.24) is 15.0 Å². The lowest BCUT2D eigenvalue weighted by Crippen LogP contribution is -2.44. The quantitative estimate of drug-likeness (QED) is 0.850. The number of amides is 1.